The first kappa shape index (κ1) is 11.9. The molecular formula is C9H17N3O3. The summed E-state index contributed by atoms with van der Waals surface area (Å²) in [5.41, 5.74) is 5.47. The number of urea groups is 1. The maximum Gasteiger partial charge on any atom is 0.327 e. The predicted molar refractivity (Wildman–Crippen MR) is 54.2 cm³/mol. The summed E-state index contributed by atoms with van der Waals surface area (Å²) in [6.45, 7) is 3.06. The van der Waals surface area contributed by atoms with Crippen molar-refractivity contribution < 1.29 is 14.3 Å². The van der Waals surface area contributed by atoms with Gasteiger partial charge in [-0.1, -0.05) is 0 Å². The SMILES string of the molecule is CCOC(CN)CN1C(=O)CN(C)C1=O. The fourth-order valence-electron chi connectivity index (χ4n) is 1.48. The normalized spacial score (nSPS) is 18.9. The molecule has 0 bridgehead atoms. The molecule has 1 atom stereocenters. The number of ether oxygens (including phenoxy) is 1. The van der Waals surface area contributed by atoms with E-state index < -0.39 is 0 Å². The number of carbonyl (C=O) groups excluding carboxylic acids is 2. The lowest BCUT2D eigenvalue weighted by molar-refractivity contribution is -0.126. The van der Waals surface area contributed by atoms with E-state index in [0.29, 0.717) is 13.2 Å². The predicted octanol–water partition coefficient (Wildman–Crippen LogP) is -0.756. The zero-order valence-corrected chi connectivity index (χ0v) is 9.10. The van der Waals surface area contributed by atoms with Crippen molar-refractivity contribution in [2.24, 2.45) is 5.73 Å². The third-order valence-corrected chi connectivity index (χ3v) is 2.28. The summed E-state index contributed by atoms with van der Waals surface area (Å²) in [5.74, 6) is -0.194. The van der Waals surface area contributed by atoms with Crippen molar-refractivity contribution >= 4 is 11.9 Å². The Labute approximate surface area is 88.9 Å². The van der Waals surface area contributed by atoms with Crippen LogP contribution in [0.4, 0.5) is 4.79 Å². The zero-order valence-electron chi connectivity index (χ0n) is 9.10. The highest BCUT2D eigenvalue weighted by atomic mass is 16.5. The number of carbonyl (C=O) groups is 2. The monoisotopic (exact) mass is 215 g/mol. The molecule has 1 saturated heterocycles. The van der Waals surface area contributed by atoms with Crippen LogP contribution in [0.3, 0.4) is 0 Å². The van der Waals surface area contributed by atoms with Gasteiger partial charge in [0.1, 0.15) is 6.54 Å². The second-order valence-electron chi connectivity index (χ2n) is 3.46. The lowest BCUT2D eigenvalue weighted by atomic mass is 10.3. The highest BCUT2D eigenvalue weighted by Crippen LogP contribution is 2.09. The van der Waals surface area contributed by atoms with Crippen molar-refractivity contribution in [2.75, 3.05) is 33.3 Å². The minimum Gasteiger partial charge on any atom is -0.375 e. The third-order valence-electron chi connectivity index (χ3n) is 2.28. The number of nitrogens with zero attached hydrogens (tertiary/aromatic N) is 2. The molecule has 86 valence electrons. The minimum absolute atomic E-state index is 0.141. The molecule has 1 aliphatic rings. The average Bonchev–Trinajstić information content (AvgIpc) is 2.44. The lowest BCUT2D eigenvalue weighted by Crippen LogP contribution is -2.42. The van der Waals surface area contributed by atoms with E-state index in [4.69, 9.17) is 10.5 Å². The largest absolute Gasteiger partial charge is 0.375 e. The summed E-state index contributed by atoms with van der Waals surface area (Å²) >= 11 is 0. The van der Waals surface area contributed by atoms with Crippen LogP contribution in [0.5, 0.6) is 0 Å². The quantitative estimate of drug-likeness (QED) is 0.612. The van der Waals surface area contributed by atoms with Crippen molar-refractivity contribution in [3.63, 3.8) is 0 Å². The van der Waals surface area contributed by atoms with Crippen molar-refractivity contribution in [1.29, 1.82) is 0 Å². The first-order chi connectivity index (χ1) is 7.10. The van der Waals surface area contributed by atoms with Crippen LogP contribution in [0.15, 0.2) is 0 Å². The Morgan fingerprint density at radius 1 is 1.53 bits per heavy atom. The molecule has 0 aromatic carbocycles. The molecule has 0 spiro atoms. The van der Waals surface area contributed by atoms with Gasteiger partial charge in [0.2, 0.25) is 5.91 Å². The van der Waals surface area contributed by atoms with E-state index in [-0.39, 0.29) is 31.1 Å². The van der Waals surface area contributed by atoms with Crippen LogP contribution in [-0.2, 0) is 9.53 Å². The van der Waals surface area contributed by atoms with Gasteiger partial charge in [-0.05, 0) is 6.92 Å². The molecule has 0 aromatic heterocycles. The number of hydrogen-bond acceptors (Lipinski definition) is 4. The van der Waals surface area contributed by atoms with Crippen LogP contribution in [0.2, 0.25) is 0 Å². The number of nitrogens with two attached hydrogens (primary N) is 1. The minimum atomic E-state index is -0.279. The van der Waals surface area contributed by atoms with Crippen LogP contribution < -0.4 is 5.73 Å². The Bertz CT molecular complexity index is 257. The van der Waals surface area contributed by atoms with E-state index in [2.05, 4.69) is 0 Å². The van der Waals surface area contributed by atoms with Crippen LogP contribution in [0.1, 0.15) is 6.92 Å². The number of amides is 3. The smallest absolute Gasteiger partial charge is 0.327 e. The number of rotatable bonds is 5. The maximum absolute atomic E-state index is 11.5. The number of imide groups is 1. The van der Waals surface area contributed by atoms with Crippen LogP contribution in [-0.4, -0.2) is 61.1 Å². The zero-order chi connectivity index (χ0) is 11.4. The molecule has 6 nitrogen and oxygen atoms in total. The van der Waals surface area contributed by atoms with E-state index in [9.17, 15) is 9.59 Å². The van der Waals surface area contributed by atoms with Gasteiger partial charge >= 0.3 is 6.03 Å². The van der Waals surface area contributed by atoms with Gasteiger partial charge in [-0.15, -0.1) is 0 Å². The van der Waals surface area contributed by atoms with Crippen molar-refractivity contribution in [3.05, 3.63) is 0 Å². The average molecular weight is 215 g/mol. The molecule has 1 unspecified atom stereocenters. The van der Waals surface area contributed by atoms with E-state index in [1.807, 2.05) is 6.92 Å². The summed E-state index contributed by atoms with van der Waals surface area (Å²) in [6, 6.07) is -0.279. The van der Waals surface area contributed by atoms with Crippen molar-refractivity contribution in [2.45, 2.75) is 13.0 Å². The summed E-state index contributed by atoms with van der Waals surface area (Å²) in [4.78, 5) is 25.5. The summed E-state index contributed by atoms with van der Waals surface area (Å²) in [7, 11) is 1.60. The van der Waals surface area contributed by atoms with E-state index in [1.165, 1.54) is 9.80 Å². The molecule has 3 amide bonds. The Balaban J connectivity index is 2.56. The number of likely N-dealkylation sites (N-methyl/N-ethyl adjacent to an activating group) is 1. The topological polar surface area (TPSA) is 75.9 Å². The van der Waals surface area contributed by atoms with Gasteiger partial charge in [-0.2, -0.15) is 0 Å². The lowest BCUT2D eigenvalue weighted by Gasteiger charge is -2.20. The van der Waals surface area contributed by atoms with Crippen LogP contribution in [0, 0.1) is 0 Å². The number of hydrogen-bond donors (Lipinski definition) is 1. The Morgan fingerprint density at radius 3 is 2.60 bits per heavy atom. The standard InChI is InChI=1S/C9H17N3O3/c1-3-15-7(4-10)5-12-8(13)6-11(2)9(12)14/h7H,3-6,10H2,1-2H3. The van der Waals surface area contributed by atoms with Crippen LogP contribution in [0.25, 0.3) is 0 Å². The van der Waals surface area contributed by atoms with Gasteiger partial charge in [-0.3, -0.25) is 9.69 Å². The molecule has 1 aliphatic heterocycles. The van der Waals surface area contributed by atoms with E-state index in [0.717, 1.165) is 0 Å². The molecule has 1 fully saturated rings. The highest BCUT2D eigenvalue weighted by molar-refractivity contribution is 6.01. The van der Waals surface area contributed by atoms with Gasteiger partial charge < -0.3 is 15.4 Å². The third kappa shape index (κ3) is 2.66. The molecule has 0 saturated carbocycles. The molecule has 2 N–H and O–H groups in total. The highest BCUT2D eigenvalue weighted by Gasteiger charge is 2.34. The Morgan fingerprint density at radius 2 is 2.20 bits per heavy atom. The Kier molecular flexibility index (Phi) is 4.05. The molecular weight excluding hydrogens is 198 g/mol. The molecule has 1 heterocycles. The second-order valence-corrected chi connectivity index (χ2v) is 3.46. The van der Waals surface area contributed by atoms with E-state index >= 15 is 0 Å². The van der Waals surface area contributed by atoms with Crippen LogP contribution >= 0.6 is 0 Å². The van der Waals surface area contributed by atoms with Gasteiger partial charge in [0.15, 0.2) is 0 Å². The van der Waals surface area contributed by atoms with E-state index in [1.54, 1.807) is 7.05 Å². The summed E-state index contributed by atoms with van der Waals surface area (Å²) in [6.07, 6.45) is -0.269. The van der Waals surface area contributed by atoms with Gasteiger partial charge in [0, 0.05) is 20.2 Å². The molecule has 0 aliphatic carbocycles. The van der Waals surface area contributed by atoms with Crippen molar-refractivity contribution in [3.8, 4) is 0 Å². The molecule has 15 heavy (non-hydrogen) atoms. The summed E-state index contributed by atoms with van der Waals surface area (Å²) in [5, 5.41) is 0. The molecule has 1 rings (SSSR count). The van der Waals surface area contributed by atoms with Crippen molar-refractivity contribution in [1.82, 2.24) is 9.80 Å². The van der Waals surface area contributed by atoms with Gasteiger partial charge in [0.05, 0.1) is 12.6 Å². The fourth-order valence-corrected chi connectivity index (χ4v) is 1.48. The molecule has 6 heteroatoms. The second kappa shape index (κ2) is 5.09. The first-order valence-electron chi connectivity index (χ1n) is 4.97. The fraction of sp³-hybridized carbons (Fsp3) is 0.778. The van der Waals surface area contributed by atoms with Gasteiger partial charge in [-0.25, -0.2) is 4.79 Å². The first-order valence-corrected chi connectivity index (χ1v) is 4.97. The molecule has 0 aromatic rings. The molecule has 0 radical (unpaired) electrons. The summed E-state index contributed by atoms with van der Waals surface area (Å²) < 4.78 is 5.30. The Hall–Kier alpha value is -1.14. The van der Waals surface area contributed by atoms with Gasteiger partial charge in [0.25, 0.3) is 0 Å². The maximum atomic E-state index is 11.5.